The summed E-state index contributed by atoms with van der Waals surface area (Å²) in [6.45, 7) is 5.93. The summed E-state index contributed by atoms with van der Waals surface area (Å²) in [5.74, 6) is 0.620. The molecule has 13 heteroatoms. The fourth-order valence-electron chi connectivity index (χ4n) is 3.07. The maximum absolute atomic E-state index is 11.7. The molecule has 0 unspecified atom stereocenters. The Morgan fingerprint density at radius 2 is 1.47 bits per heavy atom. The van der Waals surface area contributed by atoms with E-state index in [1.165, 1.54) is 15.7 Å². The lowest BCUT2D eigenvalue weighted by Gasteiger charge is -2.03. The van der Waals surface area contributed by atoms with E-state index in [-0.39, 0.29) is 22.5 Å². The number of nitrogens with two attached hydrogens (primary N) is 2. The molecule has 5 heterocycles. The summed E-state index contributed by atoms with van der Waals surface area (Å²) in [5, 5.41) is 12.2. The van der Waals surface area contributed by atoms with Crippen molar-refractivity contribution in [2.24, 2.45) is 21.1 Å². The van der Waals surface area contributed by atoms with Gasteiger partial charge in [-0.3, -0.25) is 28.2 Å². The molecular weight excluding hydrogens is 552 g/mol. The van der Waals surface area contributed by atoms with E-state index in [2.05, 4.69) is 36.2 Å². The number of rotatable bonds is 1. The summed E-state index contributed by atoms with van der Waals surface area (Å²) in [4.78, 5) is 24.6. The molecule has 0 saturated heterocycles. The van der Waals surface area contributed by atoms with Gasteiger partial charge in [0.25, 0.3) is 11.1 Å². The lowest BCUT2D eigenvalue weighted by Crippen LogP contribution is -2.21. The Hall–Kier alpha value is -4.39. The highest BCUT2D eigenvalue weighted by Gasteiger charge is 2.08. The molecule has 0 spiro atoms. The van der Waals surface area contributed by atoms with Gasteiger partial charge < -0.3 is 16.5 Å². The number of nitrogens with one attached hydrogen (secondary N) is 1. The van der Waals surface area contributed by atoms with Crippen LogP contribution in [0.1, 0.15) is 16.7 Å². The van der Waals surface area contributed by atoms with Crippen molar-refractivity contribution in [1.29, 1.82) is 0 Å². The lowest BCUT2D eigenvalue weighted by molar-refractivity contribution is 0.747. The number of hydrogen-bond acceptors (Lipinski definition) is 7. The Morgan fingerprint density at radius 1 is 0.842 bits per heavy atom. The molecule has 12 nitrogen and oxygen atoms in total. The van der Waals surface area contributed by atoms with Crippen molar-refractivity contribution in [3.63, 3.8) is 0 Å². The van der Waals surface area contributed by atoms with Crippen LogP contribution in [0.25, 0.3) is 5.82 Å². The second-order valence-electron chi connectivity index (χ2n) is 8.37. The third kappa shape index (κ3) is 8.92. The van der Waals surface area contributed by atoms with Crippen LogP contribution >= 0.6 is 15.9 Å². The van der Waals surface area contributed by atoms with E-state index in [9.17, 15) is 9.59 Å². The van der Waals surface area contributed by atoms with Crippen LogP contribution in [0.2, 0.25) is 0 Å². The summed E-state index contributed by atoms with van der Waals surface area (Å²) in [5.41, 5.74) is 14.1. The van der Waals surface area contributed by atoms with Crippen molar-refractivity contribution in [3.8, 4) is 5.82 Å². The van der Waals surface area contributed by atoms with Gasteiger partial charge >= 0.3 is 0 Å². The Balaban J connectivity index is 0.000000189. The molecule has 0 aromatic carbocycles. The van der Waals surface area contributed by atoms with Crippen molar-refractivity contribution in [1.82, 2.24) is 38.9 Å². The molecule has 0 atom stereocenters. The first-order valence-corrected chi connectivity index (χ1v) is 12.2. The summed E-state index contributed by atoms with van der Waals surface area (Å²) in [7, 11) is 5.62. The minimum absolute atomic E-state index is 0.225. The first-order valence-electron chi connectivity index (χ1n) is 11.4. The number of anilines is 2. The lowest BCUT2D eigenvalue weighted by atomic mass is 10.3. The maximum atomic E-state index is 11.7. The van der Waals surface area contributed by atoms with E-state index in [1.807, 2.05) is 66.7 Å². The van der Waals surface area contributed by atoms with Crippen LogP contribution in [0, 0.1) is 20.8 Å². The number of aromatic amines is 1. The van der Waals surface area contributed by atoms with Crippen LogP contribution in [0.4, 0.5) is 11.4 Å². The zero-order valence-electron chi connectivity index (χ0n) is 22.3. The molecule has 38 heavy (non-hydrogen) atoms. The fourth-order valence-corrected chi connectivity index (χ4v) is 3.42. The number of aryl methyl sites for hydroxylation is 6. The topological polar surface area (TPSA) is 160 Å². The van der Waals surface area contributed by atoms with Gasteiger partial charge in [-0.15, -0.1) is 0 Å². The normalized spacial score (nSPS) is 9.87. The van der Waals surface area contributed by atoms with Gasteiger partial charge in [0, 0.05) is 63.3 Å². The molecule has 5 rings (SSSR count). The van der Waals surface area contributed by atoms with Gasteiger partial charge in [0.15, 0.2) is 5.82 Å². The average molecular weight is 586 g/mol. The van der Waals surface area contributed by atoms with Gasteiger partial charge in [-0.25, -0.2) is 0 Å². The summed E-state index contributed by atoms with van der Waals surface area (Å²) in [6.07, 6.45) is 10.8. The Labute approximate surface area is 228 Å². The predicted molar refractivity (Wildman–Crippen MR) is 153 cm³/mol. The third-order valence-corrected chi connectivity index (χ3v) is 5.61. The van der Waals surface area contributed by atoms with Crippen LogP contribution in [-0.4, -0.2) is 38.9 Å². The highest BCUT2D eigenvalue weighted by Crippen LogP contribution is 2.10. The molecule has 0 radical (unpaired) electrons. The van der Waals surface area contributed by atoms with Crippen molar-refractivity contribution in [2.75, 3.05) is 11.5 Å². The minimum Gasteiger partial charge on any atom is -0.394 e. The molecule has 0 aliphatic heterocycles. The highest BCUT2D eigenvalue weighted by molar-refractivity contribution is 9.10. The zero-order chi connectivity index (χ0) is 28.4. The molecule has 5 aromatic heterocycles. The number of nitrogen functional groups attached to an aromatic ring is 2. The smallest absolute Gasteiger partial charge is 0.279 e. The second-order valence-corrected chi connectivity index (χ2v) is 9.12. The van der Waals surface area contributed by atoms with E-state index < -0.39 is 0 Å². The summed E-state index contributed by atoms with van der Waals surface area (Å²) in [6, 6.07) is 6.54. The van der Waals surface area contributed by atoms with Gasteiger partial charge in [0.05, 0.1) is 17.6 Å². The van der Waals surface area contributed by atoms with Gasteiger partial charge in [0.2, 0.25) is 0 Å². The fraction of sp³-hybridized carbons (Fsp3) is 0.240. The molecule has 202 valence electrons. The van der Waals surface area contributed by atoms with Crippen LogP contribution in [0.3, 0.4) is 0 Å². The number of hydrogen-bond donors (Lipinski definition) is 3. The number of pyridine rings is 2. The molecular formula is C25H33BrN10O2. The van der Waals surface area contributed by atoms with E-state index in [0.29, 0.717) is 5.82 Å². The van der Waals surface area contributed by atoms with Crippen LogP contribution in [-0.2, 0) is 21.1 Å². The molecule has 0 fully saturated rings. The minimum atomic E-state index is -0.237. The van der Waals surface area contributed by atoms with Crippen molar-refractivity contribution < 1.29 is 0 Å². The Bertz CT molecular complexity index is 1540. The molecule has 0 amide bonds. The zero-order valence-corrected chi connectivity index (χ0v) is 23.8. The van der Waals surface area contributed by atoms with Crippen LogP contribution in [0.5, 0.6) is 0 Å². The average Bonchev–Trinajstić information content (AvgIpc) is 3.50. The molecule has 0 aliphatic carbocycles. The number of halogens is 1. The number of nitrogens with zero attached hydrogens (tertiary/aromatic N) is 7. The largest absolute Gasteiger partial charge is 0.394 e. The van der Waals surface area contributed by atoms with Gasteiger partial charge in [-0.2, -0.15) is 15.3 Å². The Morgan fingerprint density at radius 3 is 1.84 bits per heavy atom. The summed E-state index contributed by atoms with van der Waals surface area (Å²) >= 11 is 3.28. The monoisotopic (exact) mass is 584 g/mol. The Kier molecular flexibility index (Phi) is 10.8. The van der Waals surface area contributed by atoms with Gasteiger partial charge in [-0.05, 0) is 66.5 Å². The van der Waals surface area contributed by atoms with Gasteiger partial charge in [0.1, 0.15) is 4.60 Å². The van der Waals surface area contributed by atoms with E-state index in [0.717, 1.165) is 10.2 Å². The van der Waals surface area contributed by atoms with Crippen LogP contribution < -0.4 is 22.6 Å². The van der Waals surface area contributed by atoms with E-state index in [1.54, 1.807) is 50.7 Å². The van der Waals surface area contributed by atoms with Crippen molar-refractivity contribution >= 4 is 27.3 Å². The van der Waals surface area contributed by atoms with Crippen LogP contribution in [0.15, 0.2) is 75.6 Å². The highest BCUT2D eigenvalue weighted by atomic mass is 79.9. The number of H-pyrrole nitrogens is 1. The molecule has 0 bridgehead atoms. The first kappa shape index (κ1) is 29.8. The summed E-state index contributed by atoms with van der Waals surface area (Å²) < 4.78 is 7.61. The van der Waals surface area contributed by atoms with Crippen molar-refractivity contribution in [2.45, 2.75) is 20.8 Å². The molecule has 0 aliphatic rings. The van der Waals surface area contributed by atoms with E-state index >= 15 is 0 Å². The predicted octanol–water partition coefficient (Wildman–Crippen LogP) is 2.64. The third-order valence-electron chi connectivity index (χ3n) is 4.82. The first-order chi connectivity index (χ1) is 17.9. The molecule has 5 aromatic rings. The molecule has 5 N–H and O–H groups in total. The number of aromatic nitrogens is 8. The van der Waals surface area contributed by atoms with Crippen molar-refractivity contribution in [3.05, 3.63) is 103 Å². The maximum Gasteiger partial charge on any atom is 0.279 e. The molecule has 0 saturated carbocycles. The van der Waals surface area contributed by atoms with E-state index in [4.69, 9.17) is 11.5 Å². The second kappa shape index (κ2) is 13.8. The SMILES string of the molecule is Cc1cn(C)nc1-n1cccc(N)c1=O.Cc1cn(C)nc1Br.Cc1cnn(C)c1.Nc1ccc[nH]c1=O. The van der Waals surface area contributed by atoms with Gasteiger partial charge in [-0.1, -0.05) is 0 Å². The quantitative estimate of drug-likeness (QED) is 0.273. The standard InChI is InChI=1S/C10H12N4O.C5H7BrN2.C5H6N2O.C5H8N2/c1-7-6-13(2)12-9(7)14-5-3-4-8(11)10(14)15;1-4-3-8(2)7-5(4)6;6-4-2-1-3-7-5(4)8;1-5-3-6-7(2)4-5/h3-6H,11H2,1-2H3;3H,1-2H3;1-3H,6H2,(H,7,8);3-4H,1-2H3.